The molecule has 244 valence electrons. The first kappa shape index (κ1) is 30.8. The van der Waals surface area contributed by atoms with Crippen molar-refractivity contribution in [1.29, 1.82) is 0 Å². The summed E-state index contributed by atoms with van der Waals surface area (Å²) >= 11 is 0. The summed E-state index contributed by atoms with van der Waals surface area (Å²) in [5, 5.41) is 2.44. The minimum absolute atomic E-state index is 0.114. The van der Waals surface area contributed by atoms with Crippen molar-refractivity contribution in [3.63, 3.8) is 0 Å². The summed E-state index contributed by atoms with van der Waals surface area (Å²) in [6, 6.07) is 66.9. The highest BCUT2D eigenvalue weighted by molar-refractivity contribution is 6.11. The first-order chi connectivity index (χ1) is 25.0. The van der Waals surface area contributed by atoms with Crippen molar-refractivity contribution in [3.05, 3.63) is 199 Å². The van der Waals surface area contributed by atoms with Crippen LogP contribution in [0.3, 0.4) is 0 Å². The fourth-order valence-corrected chi connectivity index (χ4v) is 8.11. The highest BCUT2D eigenvalue weighted by Gasteiger charge is 2.36. The lowest BCUT2D eigenvalue weighted by Gasteiger charge is -2.30. The zero-order chi connectivity index (χ0) is 34.5. The molecule has 0 heterocycles. The molecule has 1 nitrogen and oxygen atoms in total. The molecule has 0 aliphatic heterocycles. The van der Waals surface area contributed by atoms with Crippen LogP contribution in [0, 0.1) is 6.92 Å². The van der Waals surface area contributed by atoms with Crippen LogP contribution in [-0.4, -0.2) is 0 Å². The third kappa shape index (κ3) is 5.25. The van der Waals surface area contributed by atoms with Gasteiger partial charge in [0.25, 0.3) is 0 Å². The third-order valence-electron chi connectivity index (χ3n) is 10.7. The Hall–Kier alpha value is -6.18. The van der Waals surface area contributed by atoms with Crippen molar-refractivity contribution in [3.8, 4) is 44.5 Å². The van der Waals surface area contributed by atoms with Crippen molar-refractivity contribution in [2.75, 3.05) is 4.90 Å². The second kappa shape index (κ2) is 12.3. The topological polar surface area (TPSA) is 3.24 Å². The molecule has 0 fully saturated rings. The van der Waals surface area contributed by atoms with E-state index in [1.807, 2.05) is 0 Å². The Balaban J connectivity index is 1.31. The number of nitrogens with zero attached hydrogens (tertiary/aromatic N) is 1. The van der Waals surface area contributed by atoms with Crippen molar-refractivity contribution in [2.45, 2.75) is 26.2 Å². The monoisotopic (exact) mass is 653 g/mol. The van der Waals surface area contributed by atoms with E-state index in [4.69, 9.17) is 0 Å². The highest BCUT2D eigenvalue weighted by Crippen LogP contribution is 2.52. The van der Waals surface area contributed by atoms with Gasteiger partial charge >= 0.3 is 0 Å². The maximum atomic E-state index is 2.47. The van der Waals surface area contributed by atoms with E-state index in [9.17, 15) is 0 Å². The maximum absolute atomic E-state index is 2.47. The summed E-state index contributed by atoms with van der Waals surface area (Å²) in [5.41, 5.74) is 17.3. The SMILES string of the molecule is Cc1ccc(-c2ccc(N(c3ccc4c(c3)C(C)(C)c3ccccc3-4)c3cc(-c4ccccc4)c(-c4ccccc4)c4ccccc34)cc2)cc1. The van der Waals surface area contributed by atoms with Crippen molar-refractivity contribution < 1.29 is 0 Å². The Morgan fingerprint density at radius 3 is 1.65 bits per heavy atom. The molecule has 8 aromatic carbocycles. The lowest BCUT2D eigenvalue weighted by atomic mass is 9.82. The zero-order valence-electron chi connectivity index (χ0n) is 29.3. The van der Waals surface area contributed by atoms with Crippen molar-refractivity contribution in [1.82, 2.24) is 0 Å². The van der Waals surface area contributed by atoms with Crippen LogP contribution in [0.4, 0.5) is 17.1 Å². The summed E-state index contributed by atoms with van der Waals surface area (Å²) in [6.45, 7) is 6.86. The van der Waals surface area contributed by atoms with Gasteiger partial charge in [0.2, 0.25) is 0 Å². The minimum Gasteiger partial charge on any atom is -0.310 e. The van der Waals surface area contributed by atoms with E-state index < -0.39 is 0 Å². The molecule has 0 bridgehead atoms. The molecule has 1 heteroatoms. The first-order valence-corrected chi connectivity index (χ1v) is 17.9. The molecular weight excluding hydrogens is 615 g/mol. The maximum Gasteiger partial charge on any atom is 0.0546 e. The Kier molecular flexibility index (Phi) is 7.44. The van der Waals surface area contributed by atoms with Crippen LogP contribution in [-0.2, 0) is 5.41 Å². The van der Waals surface area contributed by atoms with Crippen LogP contribution in [0.5, 0.6) is 0 Å². The molecule has 0 aromatic heterocycles. The normalized spacial score (nSPS) is 12.8. The molecule has 51 heavy (non-hydrogen) atoms. The van der Waals surface area contributed by atoms with E-state index in [0.29, 0.717) is 0 Å². The van der Waals surface area contributed by atoms with Crippen LogP contribution in [0.1, 0.15) is 30.5 Å². The zero-order valence-corrected chi connectivity index (χ0v) is 29.3. The number of anilines is 3. The average Bonchev–Trinajstić information content (AvgIpc) is 3.41. The summed E-state index contributed by atoms with van der Waals surface area (Å²) < 4.78 is 0. The number of hydrogen-bond acceptors (Lipinski definition) is 1. The molecule has 1 aliphatic carbocycles. The van der Waals surface area contributed by atoms with Crippen LogP contribution < -0.4 is 4.90 Å². The Bertz CT molecular complexity index is 2530. The Morgan fingerprint density at radius 2 is 0.941 bits per heavy atom. The molecule has 0 saturated carbocycles. The van der Waals surface area contributed by atoms with Gasteiger partial charge in [-0.2, -0.15) is 0 Å². The molecule has 0 N–H and O–H groups in total. The van der Waals surface area contributed by atoms with Gasteiger partial charge in [-0.1, -0.05) is 171 Å². The predicted octanol–water partition coefficient (Wildman–Crippen LogP) is 13.9. The van der Waals surface area contributed by atoms with Gasteiger partial charge in [0.1, 0.15) is 0 Å². The molecule has 0 saturated heterocycles. The summed E-state index contributed by atoms with van der Waals surface area (Å²) in [7, 11) is 0. The summed E-state index contributed by atoms with van der Waals surface area (Å²) in [4.78, 5) is 2.47. The molecule has 0 atom stereocenters. The standard InChI is InChI=1S/C50H39N/c1-34-22-24-35(25-23-34)36-26-28-39(29-27-36)51(40-30-31-42-41-18-12-13-21-46(41)50(2,3)47(42)32-40)48-33-45(37-14-6-4-7-15-37)49(38-16-8-5-9-17-38)44-20-11-10-19-43(44)48/h4-33H,1-3H3. The van der Waals surface area contributed by atoms with Crippen LogP contribution in [0.15, 0.2) is 182 Å². The summed E-state index contributed by atoms with van der Waals surface area (Å²) in [6.07, 6.45) is 0. The fourth-order valence-electron chi connectivity index (χ4n) is 8.11. The van der Waals surface area contributed by atoms with E-state index in [-0.39, 0.29) is 5.41 Å². The average molecular weight is 654 g/mol. The molecule has 9 rings (SSSR count). The van der Waals surface area contributed by atoms with Crippen molar-refractivity contribution in [2.24, 2.45) is 0 Å². The van der Waals surface area contributed by atoms with Crippen molar-refractivity contribution >= 4 is 27.8 Å². The minimum atomic E-state index is -0.114. The molecule has 0 radical (unpaired) electrons. The van der Waals surface area contributed by atoms with E-state index in [0.717, 1.165) is 17.1 Å². The molecule has 0 spiro atoms. The molecule has 0 unspecified atom stereocenters. The van der Waals surface area contributed by atoms with Gasteiger partial charge in [0.05, 0.1) is 5.69 Å². The number of aryl methyl sites for hydroxylation is 1. The number of benzene rings is 8. The van der Waals surface area contributed by atoms with Gasteiger partial charge in [-0.3, -0.25) is 0 Å². The van der Waals surface area contributed by atoms with Crippen LogP contribution in [0.25, 0.3) is 55.3 Å². The molecule has 0 amide bonds. The van der Waals surface area contributed by atoms with Gasteiger partial charge < -0.3 is 4.90 Å². The largest absolute Gasteiger partial charge is 0.310 e. The molecule has 1 aliphatic rings. The Morgan fingerprint density at radius 1 is 0.392 bits per heavy atom. The molecular formula is C50H39N. The number of fused-ring (bicyclic) bond motifs is 4. The van der Waals surface area contributed by atoms with Gasteiger partial charge in [0.15, 0.2) is 0 Å². The predicted molar refractivity (Wildman–Crippen MR) is 217 cm³/mol. The smallest absolute Gasteiger partial charge is 0.0546 e. The van der Waals surface area contributed by atoms with Crippen LogP contribution >= 0.6 is 0 Å². The van der Waals surface area contributed by atoms with E-state index in [1.54, 1.807) is 0 Å². The third-order valence-corrected chi connectivity index (χ3v) is 10.7. The lowest BCUT2D eigenvalue weighted by molar-refractivity contribution is 0.660. The van der Waals surface area contributed by atoms with Gasteiger partial charge in [-0.05, 0) is 98.3 Å². The second-order valence-electron chi connectivity index (χ2n) is 14.2. The quantitative estimate of drug-likeness (QED) is 0.173. The highest BCUT2D eigenvalue weighted by atomic mass is 15.1. The lowest BCUT2D eigenvalue weighted by Crippen LogP contribution is -2.16. The number of hydrogen-bond donors (Lipinski definition) is 0. The van der Waals surface area contributed by atoms with Gasteiger partial charge in [-0.15, -0.1) is 0 Å². The number of rotatable bonds is 6. The fraction of sp³-hybridized carbons (Fsp3) is 0.0800. The van der Waals surface area contributed by atoms with Gasteiger partial charge in [-0.25, -0.2) is 0 Å². The molecule has 8 aromatic rings. The van der Waals surface area contributed by atoms with Gasteiger partial charge in [0, 0.05) is 22.2 Å². The first-order valence-electron chi connectivity index (χ1n) is 17.9. The van der Waals surface area contributed by atoms with E-state index in [1.165, 1.54) is 72.0 Å². The van der Waals surface area contributed by atoms with Crippen LogP contribution in [0.2, 0.25) is 0 Å². The van der Waals surface area contributed by atoms with E-state index >= 15 is 0 Å². The summed E-state index contributed by atoms with van der Waals surface area (Å²) in [5.74, 6) is 0. The van der Waals surface area contributed by atoms with E-state index in [2.05, 4.69) is 208 Å². The Labute approximate surface area is 301 Å². The second-order valence-corrected chi connectivity index (χ2v) is 14.2.